The zero-order valence-corrected chi connectivity index (χ0v) is 70.6. The van der Waals surface area contributed by atoms with Gasteiger partial charge in [0.05, 0.1) is 51.4 Å². The minimum atomic E-state index is -1.87. The number of likely N-dealkylation sites (tertiary alicyclic amines) is 1. The first-order chi connectivity index (χ1) is 56.6. The van der Waals surface area contributed by atoms with Gasteiger partial charge in [0.2, 0.25) is 100 Å². The summed E-state index contributed by atoms with van der Waals surface area (Å²) < 4.78 is 0. The van der Waals surface area contributed by atoms with E-state index in [4.69, 9.17) is 28.0 Å². The van der Waals surface area contributed by atoms with Crippen molar-refractivity contribution in [2.75, 3.05) is 52.5 Å². The van der Waals surface area contributed by atoms with Gasteiger partial charge in [-0.3, -0.25) is 91.1 Å². The molecule has 686 valence electrons. The fraction of sp³-hybridized carbons (Fsp3) is 0.733. The molecule has 0 radical (unpaired) electrons. The number of aliphatic hydroxyl groups is 3. The molecule has 1 saturated heterocycles. The Hall–Kier alpha value is -10.8. The van der Waals surface area contributed by atoms with Gasteiger partial charge in [-0.1, -0.05) is 75.7 Å². The number of hydrogen-bond donors (Lipinski definition) is 25. The topological polar surface area (TPSA) is 751 Å². The summed E-state index contributed by atoms with van der Waals surface area (Å²) in [6.45, 7) is 13.5. The average molecular weight is 1730 g/mol. The number of hydrogen-bond acceptors (Lipinski definition) is 26. The molecule has 1 heterocycles. The molecule has 1 rings (SSSR count). The third-order valence-electron chi connectivity index (χ3n) is 18.8. The molecule has 0 aromatic rings. The lowest BCUT2D eigenvalue weighted by Crippen LogP contribution is -2.63. The van der Waals surface area contributed by atoms with E-state index in [9.17, 15) is 121 Å². The highest BCUT2D eigenvalue weighted by molar-refractivity contribution is 6.01. The Morgan fingerprint density at radius 1 is 0.388 bits per heavy atom. The molecule has 0 unspecified atom stereocenters. The van der Waals surface area contributed by atoms with Crippen LogP contribution < -0.4 is 103 Å². The Morgan fingerprint density at radius 3 is 1.23 bits per heavy atom. The maximum atomic E-state index is 14.3. The lowest BCUT2D eigenvalue weighted by atomic mass is 9.98. The zero-order valence-electron chi connectivity index (χ0n) is 70.6. The summed E-state index contributed by atoms with van der Waals surface area (Å²) in [6.07, 6.45) is -2.71. The molecule has 15 atom stereocenters. The van der Waals surface area contributed by atoms with Crippen LogP contribution in [0.3, 0.4) is 0 Å². The first-order valence-electron chi connectivity index (χ1n) is 40.4. The summed E-state index contributed by atoms with van der Waals surface area (Å²) in [5.41, 5.74) is 22.7. The molecule has 0 bridgehead atoms. The van der Waals surface area contributed by atoms with Crippen LogP contribution in [0.1, 0.15) is 179 Å². The van der Waals surface area contributed by atoms with Crippen molar-refractivity contribution in [3.05, 3.63) is 0 Å². The summed E-state index contributed by atoms with van der Waals surface area (Å²) in [6, 6.07) is -21.3. The number of carboxylic acids is 3. The Morgan fingerprint density at radius 2 is 0.760 bits per heavy atom. The van der Waals surface area contributed by atoms with Gasteiger partial charge in [-0.25, -0.2) is 4.79 Å². The highest BCUT2D eigenvalue weighted by atomic mass is 16.4. The molecule has 17 amide bonds. The fourth-order valence-corrected chi connectivity index (χ4v) is 12.3. The molecule has 1 aliphatic heterocycles. The maximum Gasteiger partial charge on any atom is 0.326 e. The summed E-state index contributed by atoms with van der Waals surface area (Å²) >= 11 is 0. The first kappa shape index (κ1) is 108. The molecular weight excluding hydrogens is 1600 g/mol. The Kier molecular flexibility index (Phi) is 50.0. The van der Waals surface area contributed by atoms with Crippen molar-refractivity contribution in [3.8, 4) is 0 Å². The van der Waals surface area contributed by atoms with E-state index < -0.39 is 286 Å². The number of aliphatic hydroxyl groups excluding tert-OH is 3. The Labute approximate surface area is 701 Å². The molecule has 1 fully saturated rings. The van der Waals surface area contributed by atoms with Gasteiger partial charge >= 0.3 is 17.9 Å². The molecule has 46 nitrogen and oxygen atoms in total. The van der Waals surface area contributed by atoms with E-state index in [0.717, 1.165) is 11.8 Å². The summed E-state index contributed by atoms with van der Waals surface area (Å²) in [7, 11) is 0. The normalized spacial score (nSPS) is 16.0. The van der Waals surface area contributed by atoms with E-state index in [1.54, 1.807) is 41.5 Å². The number of carbonyl (C=O) groups is 20. The summed E-state index contributed by atoms with van der Waals surface area (Å²) in [5, 5.41) is 94.7. The second-order valence-corrected chi connectivity index (χ2v) is 31.6. The van der Waals surface area contributed by atoms with Gasteiger partial charge in [-0.05, 0) is 127 Å². The standard InChI is InChI=1S/C75H130N20O26/c1-36(2)27-46(87-64(109)43(18-13-15-25-77)85-68(113)50(34-96)90-62(107)42(78)17-12-14-24-76)63(108)81-33-56(102)84-48(30-53(79)99)66(111)88-47(28-37(3)4)67(112)92-60(40(9)10)72(117)94-61(41(11)98)73(118)93-59(39(7)8)71(116)91-51(35-97)69(114)89-49(29-38(5)6)74(119)95-26-16-19-52(95)70(115)82-31-54(100)80-32-55(101)83-44(20-22-57(103)104)65(110)86-45(75(120)121)21-23-58(105)106/h36-52,59-61,96-98H,12-35,76-78H2,1-11H3,(H2,79,99)(H,80,100)(H,81,108)(H,82,115)(H,83,101)(H,84,102)(H,85,113)(H,86,110)(H,87,109)(H,88,111)(H,89,114)(H,90,107)(H,91,116)(H,92,112)(H,93,118)(H,94,117)(H,103,104)(H,105,106)(H,120,121)/t41-,42+,43+,44+,45+,46+,47+,48+,49+,50+,51+,52+,59+,60+,61+/m1/s1. The molecule has 121 heavy (non-hydrogen) atoms. The fourth-order valence-electron chi connectivity index (χ4n) is 12.3. The van der Waals surface area contributed by atoms with Crippen LogP contribution in [-0.2, 0) is 95.9 Å². The molecule has 29 N–H and O–H groups in total. The third kappa shape index (κ3) is 41.3. The molecule has 0 saturated carbocycles. The largest absolute Gasteiger partial charge is 0.481 e. The number of primary amides is 1. The lowest BCUT2D eigenvalue weighted by Gasteiger charge is -2.31. The lowest BCUT2D eigenvalue weighted by molar-refractivity contribution is -0.144. The molecule has 0 aromatic heterocycles. The molecule has 0 aliphatic carbocycles. The summed E-state index contributed by atoms with van der Waals surface area (Å²) in [4.78, 5) is 266. The predicted molar refractivity (Wildman–Crippen MR) is 430 cm³/mol. The number of rotatable bonds is 59. The van der Waals surface area contributed by atoms with Crippen LogP contribution in [0.4, 0.5) is 0 Å². The van der Waals surface area contributed by atoms with Gasteiger partial charge in [0.15, 0.2) is 0 Å². The first-order valence-corrected chi connectivity index (χ1v) is 40.4. The van der Waals surface area contributed by atoms with Crippen molar-refractivity contribution in [2.24, 2.45) is 52.5 Å². The van der Waals surface area contributed by atoms with Crippen LogP contribution in [0.25, 0.3) is 0 Å². The Bertz CT molecular complexity index is 3530. The van der Waals surface area contributed by atoms with E-state index in [2.05, 4.69) is 74.4 Å². The third-order valence-corrected chi connectivity index (χ3v) is 18.8. The van der Waals surface area contributed by atoms with Crippen molar-refractivity contribution in [1.29, 1.82) is 0 Å². The summed E-state index contributed by atoms with van der Waals surface area (Å²) in [5.74, 6) is -23.8. The van der Waals surface area contributed by atoms with Crippen molar-refractivity contribution < 1.29 is 127 Å². The Balaban J connectivity index is 3.28. The predicted octanol–water partition coefficient (Wildman–Crippen LogP) is -8.77. The second-order valence-electron chi connectivity index (χ2n) is 31.6. The molecule has 0 spiro atoms. The molecule has 1 aliphatic rings. The number of carboxylic acid groups (broad SMARTS) is 3. The van der Waals surface area contributed by atoms with Crippen LogP contribution in [0.5, 0.6) is 0 Å². The van der Waals surface area contributed by atoms with Gasteiger partial charge in [-0.15, -0.1) is 0 Å². The van der Waals surface area contributed by atoms with E-state index in [1.165, 1.54) is 27.7 Å². The number of nitrogens with zero attached hydrogens (tertiary/aromatic N) is 1. The van der Waals surface area contributed by atoms with E-state index >= 15 is 0 Å². The van der Waals surface area contributed by atoms with E-state index in [0.29, 0.717) is 32.2 Å². The maximum absolute atomic E-state index is 14.3. The number of aliphatic carboxylic acids is 3. The van der Waals surface area contributed by atoms with Gasteiger partial charge in [-0.2, -0.15) is 0 Å². The molecule has 0 aromatic carbocycles. The number of carbonyl (C=O) groups excluding carboxylic acids is 17. The van der Waals surface area contributed by atoms with Crippen LogP contribution >= 0.6 is 0 Å². The smallest absolute Gasteiger partial charge is 0.326 e. The number of amides is 17. The van der Waals surface area contributed by atoms with Crippen molar-refractivity contribution in [3.63, 3.8) is 0 Å². The number of nitrogens with two attached hydrogens (primary N) is 4. The van der Waals surface area contributed by atoms with Crippen LogP contribution in [0.15, 0.2) is 0 Å². The minimum absolute atomic E-state index is 0.00339. The van der Waals surface area contributed by atoms with Gasteiger partial charge in [0.25, 0.3) is 0 Å². The van der Waals surface area contributed by atoms with Crippen LogP contribution in [-0.4, -0.2) is 297 Å². The van der Waals surface area contributed by atoms with Crippen molar-refractivity contribution in [2.45, 2.75) is 270 Å². The molecule has 46 heteroatoms. The van der Waals surface area contributed by atoms with Crippen molar-refractivity contribution >= 4 is 118 Å². The SMILES string of the molecule is CC(C)C[C@H](NC(=O)[C@H](CCCCN)NC(=O)[C@H](CO)NC(=O)[C@@H](N)CCCCN)C(=O)NCC(=O)N[C@@H](CC(N)=O)C(=O)N[C@@H](CC(C)C)C(=O)N[C@H](C(=O)N[C@H](C(=O)N[C@H](C(=O)N[C@@H](CO)C(=O)N[C@@H](CC(C)C)C(=O)N1CCC[C@H]1C(=O)NCC(=O)NCC(=O)N[C@@H](CCC(=O)O)C(=O)N[C@@H](CCC(=O)O)C(=O)O)C(C)C)[C@@H](C)O)C(C)C. The second kappa shape index (κ2) is 55.9. The molecular formula is C75H130N20O26. The van der Waals surface area contributed by atoms with Crippen LogP contribution in [0, 0.1) is 29.6 Å². The van der Waals surface area contributed by atoms with Gasteiger partial charge < -0.3 is 138 Å². The highest BCUT2D eigenvalue weighted by Crippen LogP contribution is 2.22. The average Bonchev–Trinajstić information content (AvgIpc) is 1.61. The quantitative estimate of drug-likeness (QED) is 0.0252. The highest BCUT2D eigenvalue weighted by Gasteiger charge is 2.42. The van der Waals surface area contributed by atoms with Crippen molar-refractivity contribution in [1.82, 2.24) is 84.7 Å². The number of unbranched alkanes of at least 4 members (excludes halogenated alkanes) is 2. The monoisotopic (exact) mass is 1730 g/mol. The van der Waals surface area contributed by atoms with E-state index in [-0.39, 0.29) is 75.8 Å². The van der Waals surface area contributed by atoms with Gasteiger partial charge in [0.1, 0.15) is 78.5 Å². The van der Waals surface area contributed by atoms with Gasteiger partial charge in [0, 0.05) is 19.4 Å². The van der Waals surface area contributed by atoms with E-state index in [1.807, 2.05) is 5.32 Å². The number of nitrogens with one attached hydrogen (secondary N) is 15. The van der Waals surface area contributed by atoms with Crippen LogP contribution in [0.2, 0.25) is 0 Å². The zero-order chi connectivity index (χ0) is 92.2. The minimum Gasteiger partial charge on any atom is -0.481 e.